The lowest BCUT2D eigenvalue weighted by Gasteiger charge is -2.12. The Morgan fingerprint density at radius 3 is 2.58 bits per heavy atom. The van der Waals surface area contributed by atoms with E-state index in [2.05, 4.69) is 33.5 Å². The number of thiophene rings is 1. The van der Waals surface area contributed by atoms with Crippen molar-refractivity contribution in [1.82, 2.24) is 9.97 Å². The smallest absolute Gasteiger partial charge is 0.225 e. The second-order valence-corrected chi connectivity index (χ2v) is 7.32. The molecular weight excluding hydrogens is 369 g/mol. The molecule has 130 valence electrons. The van der Waals surface area contributed by atoms with Crippen molar-refractivity contribution in [3.8, 4) is 11.1 Å². The summed E-state index contributed by atoms with van der Waals surface area (Å²) in [4.78, 5) is 9.55. The lowest BCUT2D eigenvalue weighted by Crippen LogP contribution is -1.99. The van der Waals surface area contributed by atoms with Crippen molar-refractivity contribution in [2.75, 3.05) is 5.32 Å². The molecule has 2 aromatic heterocycles. The zero-order valence-electron chi connectivity index (χ0n) is 14.2. The Balaban J connectivity index is 1.89. The zero-order valence-corrected chi connectivity index (χ0v) is 15.7. The van der Waals surface area contributed by atoms with Crippen molar-refractivity contribution >= 4 is 44.7 Å². The van der Waals surface area contributed by atoms with E-state index in [0.29, 0.717) is 5.82 Å². The van der Waals surface area contributed by atoms with Gasteiger partial charge in [-0.05, 0) is 60.3 Å². The van der Waals surface area contributed by atoms with Crippen molar-refractivity contribution in [3.63, 3.8) is 0 Å². The second-order valence-electron chi connectivity index (χ2n) is 6.12. The number of nitrogens with one attached hydrogen (secondary N) is 1. The zero-order chi connectivity index (χ0) is 18.3. The van der Waals surface area contributed by atoms with Crippen molar-refractivity contribution in [1.29, 1.82) is 0 Å². The van der Waals surface area contributed by atoms with E-state index < -0.39 is 0 Å². The van der Waals surface area contributed by atoms with Crippen LogP contribution in [-0.4, -0.2) is 9.97 Å². The molecule has 0 fully saturated rings. The quantitative estimate of drug-likeness (QED) is 0.410. The third kappa shape index (κ3) is 3.16. The van der Waals surface area contributed by atoms with E-state index in [1.165, 1.54) is 23.5 Å². The van der Waals surface area contributed by atoms with Crippen LogP contribution in [0.4, 0.5) is 15.9 Å². The third-order valence-electron chi connectivity index (χ3n) is 4.21. The van der Waals surface area contributed by atoms with Gasteiger partial charge in [0.2, 0.25) is 5.28 Å². The predicted octanol–water partition coefficient (Wildman–Crippen LogP) is 6.51. The summed E-state index contributed by atoms with van der Waals surface area (Å²) in [7, 11) is 0. The number of aromatic nitrogens is 2. The fourth-order valence-electron chi connectivity index (χ4n) is 2.85. The number of hydrogen-bond donors (Lipinski definition) is 1. The molecule has 0 saturated heterocycles. The van der Waals surface area contributed by atoms with E-state index >= 15 is 0 Å². The van der Waals surface area contributed by atoms with Crippen LogP contribution in [-0.2, 0) is 0 Å². The lowest BCUT2D eigenvalue weighted by molar-refractivity contribution is 0.628. The van der Waals surface area contributed by atoms with Gasteiger partial charge >= 0.3 is 0 Å². The highest BCUT2D eigenvalue weighted by Gasteiger charge is 2.16. The maximum Gasteiger partial charge on any atom is 0.225 e. The van der Waals surface area contributed by atoms with Crippen LogP contribution in [0.15, 0.2) is 47.8 Å². The molecule has 0 saturated carbocycles. The molecule has 0 bridgehead atoms. The Bertz CT molecular complexity index is 1110. The minimum Gasteiger partial charge on any atom is -0.339 e. The van der Waals surface area contributed by atoms with Crippen LogP contribution in [0.2, 0.25) is 5.28 Å². The number of benzene rings is 2. The first-order chi connectivity index (χ1) is 12.5. The molecule has 0 aliphatic carbocycles. The van der Waals surface area contributed by atoms with Crippen LogP contribution in [0.25, 0.3) is 21.3 Å². The van der Waals surface area contributed by atoms with Crippen LogP contribution in [0.3, 0.4) is 0 Å². The van der Waals surface area contributed by atoms with Gasteiger partial charge in [-0.15, -0.1) is 11.3 Å². The van der Waals surface area contributed by atoms with Crippen molar-refractivity contribution in [2.24, 2.45) is 0 Å². The number of anilines is 2. The maximum atomic E-state index is 13.3. The monoisotopic (exact) mass is 383 g/mol. The van der Waals surface area contributed by atoms with E-state index in [0.717, 1.165) is 38.2 Å². The Morgan fingerprint density at radius 1 is 1.04 bits per heavy atom. The fourth-order valence-corrected chi connectivity index (χ4v) is 4.01. The summed E-state index contributed by atoms with van der Waals surface area (Å²) in [6.45, 7) is 4.08. The van der Waals surface area contributed by atoms with Crippen LogP contribution in [0, 0.1) is 19.7 Å². The summed E-state index contributed by atoms with van der Waals surface area (Å²) in [6.07, 6.45) is 0. The molecule has 0 spiro atoms. The summed E-state index contributed by atoms with van der Waals surface area (Å²) in [5.41, 5.74) is 5.09. The normalized spacial score (nSPS) is 11.1. The summed E-state index contributed by atoms with van der Waals surface area (Å²) < 4.78 is 13.3. The summed E-state index contributed by atoms with van der Waals surface area (Å²) >= 11 is 7.62. The van der Waals surface area contributed by atoms with E-state index in [9.17, 15) is 4.39 Å². The molecule has 3 nitrogen and oxygen atoms in total. The van der Waals surface area contributed by atoms with Crippen LogP contribution in [0.1, 0.15) is 11.1 Å². The highest BCUT2D eigenvalue weighted by molar-refractivity contribution is 7.17. The Kier molecular flexibility index (Phi) is 4.34. The number of hydrogen-bond acceptors (Lipinski definition) is 4. The van der Waals surface area contributed by atoms with E-state index in [-0.39, 0.29) is 11.1 Å². The highest BCUT2D eigenvalue weighted by Crippen LogP contribution is 2.38. The van der Waals surface area contributed by atoms with Gasteiger partial charge in [-0.1, -0.05) is 24.3 Å². The molecule has 0 atom stereocenters. The minimum absolute atomic E-state index is 0.192. The van der Waals surface area contributed by atoms with Gasteiger partial charge in [0.25, 0.3) is 0 Å². The molecule has 0 amide bonds. The number of rotatable bonds is 3. The van der Waals surface area contributed by atoms with Gasteiger partial charge in [-0.2, -0.15) is 4.98 Å². The molecule has 0 radical (unpaired) electrons. The average molecular weight is 384 g/mol. The van der Waals surface area contributed by atoms with Crippen molar-refractivity contribution < 1.29 is 4.39 Å². The number of halogens is 2. The molecule has 2 heterocycles. The third-order valence-corrected chi connectivity index (χ3v) is 5.25. The van der Waals surface area contributed by atoms with E-state index in [1.54, 1.807) is 12.1 Å². The van der Waals surface area contributed by atoms with Crippen LogP contribution < -0.4 is 5.32 Å². The fraction of sp³-hybridized carbons (Fsp3) is 0.100. The Hall–Kier alpha value is -2.50. The van der Waals surface area contributed by atoms with Crippen molar-refractivity contribution in [3.05, 3.63) is 70.1 Å². The molecule has 4 aromatic rings. The maximum absolute atomic E-state index is 13.3. The minimum atomic E-state index is -0.263. The molecule has 2 aromatic carbocycles. The molecule has 1 N–H and O–H groups in total. The number of fused-ring (bicyclic) bond motifs is 1. The van der Waals surface area contributed by atoms with Crippen LogP contribution in [0.5, 0.6) is 0 Å². The van der Waals surface area contributed by atoms with E-state index in [4.69, 9.17) is 11.6 Å². The molecular formula is C20H15ClFN3S. The van der Waals surface area contributed by atoms with Gasteiger partial charge < -0.3 is 5.32 Å². The first-order valence-corrected chi connectivity index (χ1v) is 9.32. The highest BCUT2D eigenvalue weighted by atomic mass is 35.5. The molecule has 0 aliphatic heterocycles. The Morgan fingerprint density at radius 2 is 1.81 bits per heavy atom. The topological polar surface area (TPSA) is 37.8 Å². The van der Waals surface area contributed by atoms with E-state index in [1.807, 2.05) is 19.2 Å². The lowest BCUT2D eigenvalue weighted by atomic mass is 10.1. The molecule has 26 heavy (non-hydrogen) atoms. The molecule has 0 aliphatic rings. The van der Waals surface area contributed by atoms with Gasteiger partial charge in [-0.3, -0.25) is 0 Å². The Labute approximate surface area is 159 Å². The number of nitrogens with zero attached hydrogens (tertiary/aromatic N) is 2. The van der Waals surface area contributed by atoms with Gasteiger partial charge in [0.05, 0.1) is 5.39 Å². The van der Waals surface area contributed by atoms with Crippen molar-refractivity contribution in [2.45, 2.75) is 13.8 Å². The van der Waals surface area contributed by atoms with Gasteiger partial charge in [0.15, 0.2) is 0 Å². The SMILES string of the molecule is Cc1ccc(C)c(Nc2nc(Cl)nc3scc(-c4ccc(F)cc4)c23)c1. The average Bonchev–Trinajstić information content (AvgIpc) is 3.02. The van der Waals surface area contributed by atoms with Gasteiger partial charge in [0, 0.05) is 16.6 Å². The van der Waals surface area contributed by atoms with Gasteiger partial charge in [-0.25, -0.2) is 9.37 Å². The predicted molar refractivity (Wildman–Crippen MR) is 107 cm³/mol. The van der Waals surface area contributed by atoms with Crippen LogP contribution >= 0.6 is 22.9 Å². The van der Waals surface area contributed by atoms with Gasteiger partial charge in [0.1, 0.15) is 16.5 Å². The largest absolute Gasteiger partial charge is 0.339 e. The first-order valence-electron chi connectivity index (χ1n) is 8.06. The summed E-state index contributed by atoms with van der Waals surface area (Å²) in [6, 6.07) is 12.6. The summed E-state index contributed by atoms with van der Waals surface area (Å²) in [5.74, 6) is 0.385. The molecule has 0 unspecified atom stereocenters. The standard InChI is InChI=1S/C20H15ClFN3S/c1-11-3-4-12(2)16(9-11)23-18-17-15(13-5-7-14(22)8-6-13)10-26-19(17)25-20(21)24-18/h3-10H,1-2H3,(H,23,24,25). The molecule has 6 heteroatoms. The summed E-state index contributed by atoms with van der Waals surface area (Å²) in [5, 5.41) is 6.47. The second kappa shape index (κ2) is 6.67. The first kappa shape index (κ1) is 16.9. The molecule has 4 rings (SSSR count). The number of aryl methyl sites for hydroxylation is 2.